The van der Waals surface area contributed by atoms with Gasteiger partial charge < -0.3 is 10.1 Å². The van der Waals surface area contributed by atoms with Gasteiger partial charge in [-0.05, 0) is 17.7 Å². The molecule has 1 amide bonds. The molecule has 4 nitrogen and oxygen atoms in total. The first-order valence-corrected chi connectivity index (χ1v) is 9.11. The van der Waals surface area contributed by atoms with Crippen molar-refractivity contribution in [2.75, 3.05) is 6.54 Å². The van der Waals surface area contributed by atoms with Crippen molar-refractivity contribution < 1.29 is 9.53 Å². The summed E-state index contributed by atoms with van der Waals surface area (Å²) in [7, 11) is 0. The fourth-order valence-electron chi connectivity index (χ4n) is 2.21. The van der Waals surface area contributed by atoms with Crippen LogP contribution < -0.4 is 5.32 Å². The number of rotatable bonds is 6. The summed E-state index contributed by atoms with van der Waals surface area (Å²) in [4.78, 5) is 16.3. The van der Waals surface area contributed by atoms with E-state index in [1.807, 2.05) is 60.0 Å². The summed E-state index contributed by atoms with van der Waals surface area (Å²) in [6.45, 7) is 0.751. The van der Waals surface area contributed by atoms with Gasteiger partial charge >= 0.3 is 6.09 Å². The molecule has 0 radical (unpaired) electrons. The Morgan fingerprint density at radius 2 is 1.88 bits per heavy atom. The van der Waals surface area contributed by atoms with Crippen molar-refractivity contribution in [3.63, 3.8) is 0 Å². The van der Waals surface area contributed by atoms with Crippen LogP contribution in [-0.2, 0) is 17.8 Å². The molecule has 6 heteroatoms. The molecule has 1 N–H and O–H groups in total. The third kappa shape index (κ3) is 5.31. The number of ether oxygens (including phenoxy) is 1. The maximum atomic E-state index is 11.7. The fraction of sp³-hybridized carbons (Fsp3) is 0.158. The molecule has 0 saturated heterocycles. The number of alkyl carbamates (subject to hydrolysis) is 1. The molecular formula is C19H17ClN2O2S. The number of halogens is 1. The summed E-state index contributed by atoms with van der Waals surface area (Å²) >= 11 is 7.47. The molecule has 1 heterocycles. The number of carbonyl (C=O) groups is 1. The maximum absolute atomic E-state index is 11.7. The van der Waals surface area contributed by atoms with Gasteiger partial charge in [-0.15, -0.1) is 11.3 Å². The average Bonchev–Trinajstić information content (AvgIpc) is 3.10. The highest BCUT2D eigenvalue weighted by molar-refractivity contribution is 7.13. The van der Waals surface area contributed by atoms with Crippen LogP contribution in [0.5, 0.6) is 0 Å². The van der Waals surface area contributed by atoms with Gasteiger partial charge in [0.05, 0.1) is 5.69 Å². The van der Waals surface area contributed by atoms with Crippen molar-refractivity contribution in [3.05, 3.63) is 76.3 Å². The largest absolute Gasteiger partial charge is 0.445 e. The summed E-state index contributed by atoms with van der Waals surface area (Å²) in [5.74, 6) is 0. The van der Waals surface area contributed by atoms with E-state index in [1.54, 1.807) is 11.3 Å². The Morgan fingerprint density at radius 3 is 2.64 bits per heavy atom. The quantitative estimate of drug-likeness (QED) is 0.667. The smallest absolute Gasteiger partial charge is 0.407 e. The summed E-state index contributed by atoms with van der Waals surface area (Å²) in [6, 6.07) is 17.2. The number of nitrogens with one attached hydrogen (secondary N) is 1. The van der Waals surface area contributed by atoms with E-state index in [0.717, 1.165) is 21.8 Å². The van der Waals surface area contributed by atoms with E-state index in [4.69, 9.17) is 16.3 Å². The molecule has 0 aliphatic rings. The zero-order valence-electron chi connectivity index (χ0n) is 13.4. The fourth-order valence-corrected chi connectivity index (χ4v) is 3.20. The van der Waals surface area contributed by atoms with Crippen molar-refractivity contribution >= 4 is 29.0 Å². The lowest BCUT2D eigenvalue weighted by Gasteiger charge is -2.06. The van der Waals surface area contributed by atoms with Gasteiger partial charge in [0.25, 0.3) is 0 Å². The van der Waals surface area contributed by atoms with Crippen LogP contribution in [0.1, 0.15) is 11.3 Å². The van der Waals surface area contributed by atoms with Crippen LogP contribution in [0, 0.1) is 0 Å². The minimum atomic E-state index is -0.419. The first-order chi connectivity index (χ1) is 12.2. The number of benzene rings is 2. The third-order valence-corrected chi connectivity index (χ3v) is 4.70. The Bertz CT molecular complexity index is 819. The zero-order valence-corrected chi connectivity index (χ0v) is 15.0. The molecule has 3 rings (SSSR count). The van der Waals surface area contributed by atoms with E-state index in [2.05, 4.69) is 10.3 Å². The highest BCUT2D eigenvalue weighted by Gasteiger charge is 2.06. The molecule has 128 valence electrons. The Morgan fingerprint density at radius 1 is 1.12 bits per heavy atom. The first-order valence-electron chi connectivity index (χ1n) is 7.85. The Balaban J connectivity index is 1.43. The van der Waals surface area contributed by atoms with Gasteiger partial charge in [-0.25, -0.2) is 9.78 Å². The summed E-state index contributed by atoms with van der Waals surface area (Å²) in [6.07, 6.45) is 0.238. The molecule has 0 saturated carbocycles. The van der Waals surface area contributed by atoms with Crippen molar-refractivity contribution in [1.29, 1.82) is 0 Å². The highest BCUT2D eigenvalue weighted by atomic mass is 35.5. The van der Waals surface area contributed by atoms with Crippen molar-refractivity contribution in [1.82, 2.24) is 10.3 Å². The van der Waals surface area contributed by atoms with E-state index in [-0.39, 0.29) is 6.61 Å². The Hall–Kier alpha value is -2.37. The van der Waals surface area contributed by atoms with Crippen LogP contribution in [0.25, 0.3) is 10.6 Å². The molecule has 0 aliphatic heterocycles. The molecule has 0 unspecified atom stereocenters. The number of hydrogen-bond acceptors (Lipinski definition) is 4. The number of aromatic nitrogens is 1. The van der Waals surface area contributed by atoms with Gasteiger partial charge in [0.1, 0.15) is 11.6 Å². The minimum Gasteiger partial charge on any atom is -0.445 e. The van der Waals surface area contributed by atoms with Gasteiger partial charge in [0, 0.05) is 28.9 Å². The molecule has 0 fully saturated rings. The van der Waals surface area contributed by atoms with Gasteiger partial charge in [0.2, 0.25) is 0 Å². The van der Waals surface area contributed by atoms with Crippen LogP contribution in [0.15, 0.2) is 60.0 Å². The van der Waals surface area contributed by atoms with Crippen molar-refractivity contribution in [3.8, 4) is 10.6 Å². The predicted molar refractivity (Wildman–Crippen MR) is 101 cm³/mol. The summed E-state index contributed by atoms with van der Waals surface area (Å²) in [5.41, 5.74) is 2.94. The van der Waals surface area contributed by atoms with Crippen LogP contribution in [-0.4, -0.2) is 17.6 Å². The van der Waals surface area contributed by atoms with Crippen LogP contribution in [0.4, 0.5) is 4.79 Å². The van der Waals surface area contributed by atoms with Crippen LogP contribution in [0.3, 0.4) is 0 Å². The summed E-state index contributed by atoms with van der Waals surface area (Å²) < 4.78 is 5.17. The molecule has 25 heavy (non-hydrogen) atoms. The van der Waals surface area contributed by atoms with E-state index in [0.29, 0.717) is 18.0 Å². The second kappa shape index (κ2) is 8.65. The molecule has 2 aromatic carbocycles. The van der Waals surface area contributed by atoms with E-state index in [1.165, 1.54) is 0 Å². The van der Waals surface area contributed by atoms with E-state index < -0.39 is 6.09 Å². The monoisotopic (exact) mass is 372 g/mol. The second-order valence-corrected chi connectivity index (χ2v) is 6.68. The highest BCUT2D eigenvalue weighted by Crippen LogP contribution is 2.25. The van der Waals surface area contributed by atoms with Gasteiger partial charge in [-0.3, -0.25) is 0 Å². The zero-order chi connectivity index (χ0) is 17.5. The third-order valence-electron chi connectivity index (χ3n) is 3.51. The van der Waals surface area contributed by atoms with Gasteiger partial charge in [-0.2, -0.15) is 0 Å². The Kier molecular flexibility index (Phi) is 6.04. The normalized spacial score (nSPS) is 10.4. The lowest BCUT2D eigenvalue weighted by molar-refractivity contribution is 0.140. The van der Waals surface area contributed by atoms with Crippen molar-refractivity contribution in [2.45, 2.75) is 13.0 Å². The van der Waals surface area contributed by atoms with E-state index in [9.17, 15) is 4.79 Å². The molecule has 3 aromatic rings. The molecule has 1 aromatic heterocycles. The lowest BCUT2D eigenvalue weighted by atomic mass is 10.2. The number of thiazole rings is 1. The average molecular weight is 373 g/mol. The number of amides is 1. The standard InChI is InChI=1S/C19H17ClN2O2S/c20-16-8-6-15(7-9-16)18-22-17(13-25-18)10-11-21-19(23)24-12-14-4-2-1-3-5-14/h1-9,13H,10-12H2,(H,21,23). The topological polar surface area (TPSA) is 51.2 Å². The predicted octanol–water partition coefficient (Wildman–Crippen LogP) is 4.93. The maximum Gasteiger partial charge on any atom is 0.407 e. The summed E-state index contributed by atoms with van der Waals surface area (Å²) in [5, 5.41) is 6.39. The lowest BCUT2D eigenvalue weighted by Crippen LogP contribution is -2.26. The number of nitrogens with zero attached hydrogens (tertiary/aromatic N) is 1. The number of hydrogen-bond donors (Lipinski definition) is 1. The van der Waals surface area contributed by atoms with Crippen LogP contribution >= 0.6 is 22.9 Å². The Labute approximate surface area is 155 Å². The van der Waals surface area contributed by atoms with Crippen LogP contribution in [0.2, 0.25) is 5.02 Å². The molecule has 0 aliphatic carbocycles. The molecule has 0 spiro atoms. The van der Waals surface area contributed by atoms with E-state index >= 15 is 0 Å². The first kappa shape index (κ1) is 17.5. The molecule has 0 bridgehead atoms. The van der Waals surface area contributed by atoms with Crippen molar-refractivity contribution in [2.24, 2.45) is 0 Å². The van der Waals surface area contributed by atoms with Gasteiger partial charge in [0.15, 0.2) is 0 Å². The second-order valence-electron chi connectivity index (χ2n) is 5.39. The molecule has 0 atom stereocenters. The SMILES string of the molecule is O=C(NCCc1csc(-c2ccc(Cl)cc2)n1)OCc1ccccc1. The van der Waals surface area contributed by atoms with Gasteiger partial charge in [-0.1, -0.05) is 54.1 Å². The molecular weight excluding hydrogens is 356 g/mol. The number of carbonyl (C=O) groups excluding carboxylic acids is 1. The minimum absolute atomic E-state index is 0.268.